The average Bonchev–Trinajstić information content (AvgIpc) is 2.96. The predicted molar refractivity (Wildman–Crippen MR) is 116 cm³/mol. The Labute approximate surface area is 183 Å². The van der Waals surface area contributed by atoms with Gasteiger partial charge in [-0.3, -0.25) is 19.3 Å². The number of primary amides is 1. The number of hydrogen-bond donors (Lipinski definition) is 3. The first kappa shape index (κ1) is 20.9. The fourth-order valence-corrected chi connectivity index (χ4v) is 4.77. The van der Waals surface area contributed by atoms with Crippen molar-refractivity contribution in [1.82, 2.24) is 10.2 Å². The number of amides is 5. The summed E-state index contributed by atoms with van der Waals surface area (Å²) in [5.74, 6) is -1.27. The van der Waals surface area contributed by atoms with Gasteiger partial charge < -0.3 is 16.4 Å². The summed E-state index contributed by atoms with van der Waals surface area (Å²) in [6.07, 6.45) is 1.60. The summed E-state index contributed by atoms with van der Waals surface area (Å²) in [7, 11) is 0. The summed E-state index contributed by atoms with van der Waals surface area (Å²) in [5.41, 5.74) is 6.90. The van der Waals surface area contributed by atoms with Crippen molar-refractivity contribution in [2.45, 2.75) is 29.7 Å². The molecule has 5 amide bonds. The van der Waals surface area contributed by atoms with Gasteiger partial charge in [-0.25, -0.2) is 4.79 Å². The molecule has 1 heterocycles. The van der Waals surface area contributed by atoms with E-state index in [-0.39, 0.29) is 18.2 Å². The highest BCUT2D eigenvalue weighted by molar-refractivity contribution is 8.00. The van der Waals surface area contributed by atoms with Gasteiger partial charge in [-0.2, -0.15) is 0 Å². The van der Waals surface area contributed by atoms with Crippen LogP contribution in [0.15, 0.2) is 53.4 Å². The zero-order valence-electron chi connectivity index (χ0n) is 16.7. The van der Waals surface area contributed by atoms with E-state index in [1.54, 1.807) is 24.3 Å². The topological polar surface area (TPSA) is 122 Å². The molecule has 1 atom stereocenters. The third-order valence-electron chi connectivity index (χ3n) is 5.51. The van der Waals surface area contributed by atoms with Crippen LogP contribution in [0.5, 0.6) is 0 Å². The van der Waals surface area contributed by atoms with Crippen molar-refractivity contribution in [3.8, 4) is 0 Å². The first-order chi connectivity index (χ1) is 14.9. The van der Waals surface area contributed by atoms with Gasteiger partial charge in [0, 0.05) is 11.3 Å². The molecule has 8 nitrogen and oxygen atoms in total. The average molecular weight is 439 g/mol. The number of carbonyl (C=O) groups is 4. The minimum absolute atomic E-state index is 0.0733. The first-order valence-corrected chi connectivity index (χ1v) is 10.9. The number of nitrogens with zero attached hydrogens (tertiary/aromatic N) is 1. The number of anilines is 1. The molecule has 1 unspecified atom stereocenters. The second-order valence-corrected chi connectivity index (χ2v) is 8.67. The van der Waals surface area contributed by atoms with Crippen LogP contribution >= 0.6 is 11.8 Å². The second kappa shape index (κ2) is 8.43. The number of nitrogens with two attached hydrogens (primary N) is 1. The molecule has 2 aliphatic rings. The molecule has 4 rings (SSSR count). The van der Waals surface area contributed by atoms with Gasteiger partial charge in [0.1, 0.15) is 12.1 Å². The zero-order chi connectivity index (χ0) is 22.0. The van der Waals surface area contributed by atoms with E-state index in [4.69, 9.17) is 5.73 Å². The molecule has 31 heavy (non-hydrogen) atoms. The summed E-state index contributed by atoms with van der Waals surface area (Å²) < 4.78 is 0. The molecule has 0 saturated carbocycles. The third kappa shape index (κ3) is 4.27. The molecule has 0 aromatic heterocycles. The summed E-state index contributed by atoms with van der Waals surface area (Å²) in [4.78, 5) is 51.0. The van der Waals surface area contributed by atoms with E-state index >= 15 is 0 Å². The van der Waals surface area contributed by atoms with Crippen LogP contribution in [0.25, 0.3) is 0 Å². The van der Waals surface area contributed by atoms with Crippen LogP contribution in [0.3, 0.4) is 0 Å². The number of carbonyl (C=O) groups excluding carboxylic acids is 4. The van der Waals surface area contributed by atoms with E-state index in [2.05, 4.69) is 10.6 Å². The van der Waals surface area contributed by atoms with Crippen LogP contribution in [-0.4, -0.2) is 46.5 Å². The third-order valence-corrected chi connectivity index (χ3v) is 6.61. The zero-order valence-corrected chi connectivity index (χ0v) is 17.5. The monoisotopic (exact) mass is 438 g/mol. The summed E-state index contributed by atoms with van der Waals surface area (Å²) in [6, 6.07) is 14.3. The number of rotatable bonds is 6. The largest absolute Gasteiger partial charge is 0.369 e. The number of nitrogens with one attached hydrogen (secondary N) is 2. The SMILES string of the molecule is NC(=O)CSc1ccccc1NC(=O)CN1C(=O)NC2(CCc3ccccc3C2)C1=O. The standard InChI is InChI=1S/C22H22N4O4S/c23-18(27)13-31-17-8-4-3-7-16(17)24-19(28)12-26-20(29)22(25-21(26)30)10-9-14-5-1-2-6-15(14)11-22/h1-8H,9-13H2,(H2,23,27)(H,24,28)(H,25,30). The summed E-state index contributed by atoms with van der Waals surface area (Å²) >= 11 is 1.20. The van der Waals surface area contributed by atoms with Crippen LogP contribution in [0.1, 0.15) is 17.5 Å². The summed E-state index contributed by atoms with van der Waals surface area (Å²) in [5, 5.41) is 5.55. The van der Waals surface area contributed by atoms with Gasteiger partial charge >= 0.3 is 6.03 Å². The molecule has 2 aromatic rings. The van der Waals surface area contributed by atoms with Crippen molar-refractivity contribution >= 4 is 41.2 Å². The quantitative estimate of drug-likeness (QED) is 0.468. The van der Waals surface area contributed by atoms with Gasteiger partial charge in [0.25, 0.3) is 5.91 Å². The van der Waals surface area contributed by atoms with E-state index in [0.717, 1.165) is 10.5 Å². The minimum atomic E-state index is -0.999. The molecular formula is C22H22N4O4S. The number of imide groups is 1. The number of thioether (sulfide) groups is 1. The van der Waals surface area contributed by atoms with Gasteiger partial charge in [-0.05, 0) is 36.1 Å². The predicted octanol–water partition coefficient (Wildman–Crippen LogP) is 1.68. The Morgan fingerprint density at radius 1 is 1.10 bits per heavy atom. The van der Waals surface area contributed by atoms with Gasteiger partial charge in [-0.1, -0.05) is 36.4 Å². The molecule has 0 bridgehead atoms. The maximum Gasteiger partial charge on any atom is 0.325 e. The molecule has 1 saturated heterocycles. The number of hydrogen-bond acceptors (Lipinski definition) is 5. The van der Waals surface area contributed by atoms with Crippen molar-refractivity contribution in [3.05, 3.63) is 59.7 Å². The van der Waals surface area contributed by atoms with Crippen molar-refractivity contribution in [3.63, 3.8) is 0 Å². The number of benzene rings is 2. The molecule has 2 aromatic carbocycles. The first-order valence-electron chi connectivity index (χ1n) is 9.89. The van der Waals surface area contributed by atoms with E-state index in [1.165, 1.54) is 17.3 Å². The molecule has 4 N–H and O–H groups in total. The van der Waals surface area contributed by atoms with Crippen LogP contribution in [0.2, 0.25) is 0 Å². The lowest BCUT2D eigenvalue weighted by Crippen LogP contribution is -2.51. The van der Waals surface area contributed by atoms with Gasteiger partial charge in [0.05, 0.1) is 11.4 Å². The Bertz CT molecular complexity index is 1070. The molecular weight excluding hydrogens is 416 g/mol. The van der Waals surface area contributed by atoms with Crippen molar-refractivity contribution < 1.29 is 19.2 Å². The molecule has 160 valence electrons. The smallest absolute Gasteiger partial charge is 0.325 e. The van der Waals surface area contributed by atoms with Gasteiger partial charge in [0.15, 0.2) is 0 Å². The fourth-order valence-electron chi connectivity index (χ4n) is 4.02. The normalized spacial score (nSPS) is 19.8. The Morgan fingerprint density at radius 3 is 2.58 bits per heavy atom. The highest BCUT2D eigenvalue weighted by Crippen LogP contribution is 2.33. The Hall–Kier alpha value is -3.33. The molecule has 1 aliphatic carbocycles. The highest BCUT2D eigenvalue weighted by Gasteiger charge is 2.52. The molecule has 0 radical (unpaired) electrons. The highest BCUT2D eigenvalue weighted by atomic mass is 32.2. The van der Waals surface area contributed by atoms with Gasteiger partial charge in [0.2, 0.25) is 11.8 Å². The van der Waals surface area contributed by atoms with Crippen LogP contribution in [0.4, 0.5) is 10.5 Å². The molecule has 1 spiro atoms. The Balaban J connectivity index is 1.45. The molecule has 1 fully saturated rings. The molecule has 9 heteroatoms. The minimum Gasteiger partial charge on any atom is -0.369 e. The van der Waals surface area contributed by atoms with Gasteiger partial charge in [-0.15, -0.1) is 11.8 Å². The number of fused-ring (bicyclic) bond motifs is 1. The van der Waals surface area contributed by atoms with Crippen LogP contribution < -0.4 is 16.4 Å². The van der Waals surface area contributed by atoms with E-state index in [0.29, 0.717) is 29.8 Å². The van der Waals surface area contributed by atoms with Crippen LogP contribution in [0, 0.1) is 0 Å². The second-order valence-electron chi connectivity index (χ2n) is 7.65. The van der Waals surface area contributed by atoms with Crippen molar-refractivity contribution in [2.24, 2.45) is 5.73 Å². The van der Waals surface area contributed by atoms with E-state index in [9.17, 15) is 19.2 Å². The van der Waals surface area contributed by atoms with Crippen molar-refractivity contribution in [1.29, 1.82) is 0 Å². The van der Waals surface area contributed by atoms with Crippen LogP contribution in [-0.2, 0) is 27.2 Å². The fraction of sp³-hybridized carbons (Fsp3) is 0.273. The summed E-state index contributed by atoms with van der Waals surface area (Å²) in [6.45, 7) is -0.386. The Kier molecular flexibility index (Phi) is 5.69. The lowest BCUT2D eigenvalue weighted by Gasteiger charge is -2.32. The maximum absolute atomic E-state index is 13.1. The van der Waals surface area contributed by atoms with E-state index in [1.807, 2.05) is 24.3 Å². The number of urea groups is 1. The van der Waals surface area contributed by atoms with Crippen molar-refractivity contribution in [2.75, 3.05) is 17.6 Å². The lowest BCUT2D eigenvalue weighted by molar-refractivity contribution is -0.134. The maximum atomic E-state index is 13.1. The Morgan fingerprint density at radius 2 is 1.81 bits per heavy atom. The van der Waals surface area contributed by atoms with E-state index < -0.39 is 23.4 Å². The number of aryl methyl sites for hydroxylation is 1. The number of para-hydroxylation sites is 1. The molecule has 1 aliphatic heterocycles. The lowest BCUT2D eigenvalue weighted by atomic mass is 9.78.